The van der Waals surface area contributed by atoms with Crippen LogP contribution in [0.4, 0.5) is 0 Å². The van der Waals surface area contributed by atoms with Crippen molar-refractivity contribution in [2.45, 2.75) is 26.7 Å². The summed E-state index contributed by atoms with van der Waals surface area (Å²) in [7, 11) is 0. The SMILES string of the molecule is CC(=O)C(C(C)=O)C(C)c1ccccc1Br. The lowest BCUT2D eigenvalue weighted by Crippen LogP contribution is -2.25. The second-order valence-electron chi connectivity index (χ2n) is 4.01. The number of hydrogen-bond acceptors (Lipinski definition) is 2. The molecule has 0 aliphatic heterocycles. The second kappa shape index (κ2) is 5.39. The third-order valence-electron chi connectivity index (χ3n) is 2.77. The highest BCUT2D eigenvalue weighted by Gasteiger charge is 2.28. The van der Waals surface area contributed by atoms with E-state index < -0.39 is 5.92 Å². The van der Waals surface area contributed by atoms with Crippen LogP contribution in [0.1, 0.15) is 32.3 Å². The van der Waals surface area contributed by atoms with Crippen molar-refractivity contribution in [3.05, 3.63) is 34.3 Å². The van der Waals surface area contributed by atoms with Crippen LogP contribution in [0.5, 0.6) is 0 Å². The van der Waals surface area contributed by atoms with Crippen molar-refractivity contribution in [1.82, 2.24) is 0 Å². The molecule has 0 fully saturated rings. The Morgan fingerprint density at radius 1 is 1.12 bits per heavy atom. The first-order valence-electron chi connectivity index (χ1n) is 5.20. The van der Waals surface area contributed by atoms with E-state index in [0.29, 0.717) is 0 Å². The van der Waals surface area contributed by atoms with E-state index in [2.05, 4.69) is 15.9 Å². The zero-order chi connectivity index (χ0) is 12.3. The lowest BCUT2D eigenvalue weighted by Gasteiger charge is -2.20. The average molecular weight is 283 g/mol. The first kappa shape index (κ1) is 13.1. The molecular weight excluding hydrogens is 268 g/mol. The third kappa shape index (κ3) is 2.79. The zero-order valence-electron chi connectivity index (χ0n) is 9.66. The molecule has 1 aromatic rings. The van der Waals surface area contributed by atoms with Crippen LogP contribution in [0.2, 0.25) is 0 Å². The number of Topliss-reactive ketones (excluding diaryl/α,β-unsaturated/α-hetero) is 2. The monoisotopic (exact) mass is 282 g/mol. The minimum Gasteiger partial charge on any atom is -0.299 e. The van der Waals surface area contributed by atoms with E-state index >= 15 is 0 Å². The number of halogens is 1. The minimum atomic E-state index is -0.543. The van der Waals surface area contributed by atoms with Crippen molar-refractivity contribution in [1.29, 1.82) is 0 Å². The predicted octanol–water partition coefficient (Wildman–Crippen LogP) is 3.35. The molecule has 0 heterocycles. The van der Waals surface area contributed by atoms with Crippen LogP contribution in [-0.2, 0) is 9.59 Å². The molecule has 1 aromatic carbocycles. The van der Waals surface area contributed by atoms with E-state index in [1.54, 1.807) is 0 Å². The van der Waals surface area contributed by atoms with Gasteiger partial charge in [-0.05, 0) is 31.4 Å². The topological polar surface area (TPSA) is 34.1 Å². The molecular formula is C13H15BrO2. The number of ketones is 2. The zero-order valence-corrected chi connectivity index (χ0v) is 11.2. The maximum atomic E-state index is 11.5. The summed E-state index contributed by atoms with van der Waals surface area (Å²) in [5.74, 6) is -0.782. The van der Waals surface area contributed by atoms with Gasteiger partial charge in [-0.2, -0.15) is 0 Å². The van der Waals surface area contributed by atoms with Crippen molar-refractivity contribution in [3.8, 4) is 0 Å². The molecule has 0 aliphatic carbocycles. The molecule has 0 aromatic heterocycles. The molecule has 0 radical (unpaired) electrons. The molecule has 0 aliphatic rings. The highest BCUT2D eigenvalue weighted by Crippen LogP contribution is 2.31. The van der Waals surface area contributed by atoms with E-state index in [4.69, 9.17) is 0 Å². The summed E-state index contributed by atoms with van der Waals surface area (Å²) in [6, 6.07) is 7.68. The average Bonchev–Trinajstić information content (AvgIpc) is 2.16. The van der Waals surface area contributed by atoms with Gasteiger partial charge >= 0.3 is 0 Å². The van der Waals surface area contributed by atoms with Crippen molar-refractivity contribution >= 4 is 27.5 Å². The van der Waals surface area contributed by atoms with E-state index in [0.717, 1.165) is 10.0 Å². The normalized spacial score (nSPS) is 12.6. The molecule has 0 N–H and O–H groups in total. The lowest BCUT2D eigenvalue weighted by molar-refractivity contribution is -0.131. The summed E-state index contributed by atoms with van der Waals surface area (Å²) in [6.45, 7) is 4.85. The Labute approximate surface area is 104 Å². The number of carbonyl (C=O) groups excluding carboxylic acids is 2. The molecule has 1 atom stereocenters. The molecule has 2 nitrogen and oxygen atoms in total. The molecule has 86 valence electrons. The standard InChI is InChI=1S/C13H15BrO2/c1-8(13(9(2)15)10(3)16)11-6-4-5-7-12(11)14/h4-8,13H,1-3H3. The smallest absolute Gasteiger partial charge is 0.140 e. The molecule has 0 saturated heterocycles. The highest BCUT2D eigenvalue weighted by atomic mass is 79.9. The Morgan fingerprint density at radius 3 is 2.06 bits per heavy atom. The van der Waals surface area contributed by atoms with Gasteiger partial charge in [0.05, 0.1) is 5.92 Å². The Kier molecular flexibility index (Phi) is 4.42. The quantitative estimate of drug-likeness (QED) is 0.794. The van der Waals surface area contributed by atoms with Gasteiger partial charge in [-0.25, -0.2) is 0 Å². The van der Waals surface area contributed by atoms with Gasteiger partial charge in [0.2, 0.25) is 0 Å². The Hall–Kier alpha value is -0.960. The van der Waals surface area contributed by atoms with Crippen molar-refractivity contribution in [2.24, 2.45) is 5.92 Å². The largest absolute Gasteiger partial charge is 0.299 e. The van der Waals surface area contributed by atoms with Crippen LogP contribution in [0.3, 0.4) is 0 Å². The van der Waals surface area contributed by atoms with E-state index in [1.807, 2.05) is 31.2 Å². The number of carbonyl (C=O) groups is 2. The van der Waals surface area contributed by atoms with Crippen molar-refractivity contribution in [2.75, 3.05) is 0 Å². The maximum Gasteiger partial charge on any atom is 0.140 e. The molecule has 0 saturated carbocycles. The summed E-state index contributed by atoms with van der Waals surface area (Å²) in [6.07, 6.45) is 0. The van der Waals surface area contributed by atoms with Gasteiger partial charge < -0.3 is 0 Å². The third-order valence-corrected chi connectivity index (χ3v) is 3.49. The highest BCUT2D eigenvalue weighted by molar-refractivity contribution is 9.10. The van der Waals surface area contributed by atoms with Crippen LogP contribution < -0.4 is 0 Å². The van der Waals surface area contributed by atoms with Gasteiger partial charge in [-0.3, -0.25) is 9.59 Å². The summed E-state index contributed by atoms with van der Waals surface area (Å²) >= 11 is 3.44. The Morgan fingerprint density at radius 2 is 1.62 bits per heavy atom. The fraction of sp³-hybridized carbons (Fsp3) is 0.385. The van der Waals surface area contributed by atoms with Crippen molar-refractivity contribution < 1.29 is 9.59 Å². The van der Waals surface area contributed by atoms with E-state index in [1.165, 1.54) is 13.8 Å². The summed E-state index contributed by atoms with van der Waals surface area (Å²) in [5.41, 5.74) is 0.998. The van der Waals surface area contributed by atoms with Crippen LogP contribution >= 0.6 is 15.9 Å². The molecule has 0 spiro atoms. The van der Waals surface area contributed by atoms with Crippen molar-refractivity contribution in [3.63, 3.8) is 0 Å². The minimum absolute atomic E-state index is 0.0734. The Balaban J connectivity index is 3.09. The summed E-state index contributed by atoms with van der Waals surface area (Å²) in [4.78, 5) is 23.0. The first-order valence-corrected chi connectivity index (χ1v) is 5.99. The van der Waals surface area contributed by atoms with Gasteiger partial charge in [0, 0.05) is 4.47 Å². The van der Waals surface area contributed by atoms with E-state index in [9.17, 15) is 9.59 Å². The van der Waals surface area contributed by atoms with Crippen LogP contribution in [0.25, 0.3) is 0 Å². The van der Waals surface area contributed by atoms with Crippen LogP contribution in [0.15, 0.2) is 28.7 Å². The molecule has 0 bridgehead atoms. The maximum absolute atomic E-state index is 11.5. The van der Waals surface area contributed by atoms with Crippen LogP contribution in [-0.4, -0.2) is 11.6 Å². The van der Waals surface area contributed by atoms with Gasteiger partial charge in [0.1, 0.15) is 11.6 Å². The molecule has 0 amide bonds. The number of rotatable bonds is 4. The number of hydrogen-bond donors (Lipinski definition) is 0. The van der Waals surface area contributed by atoms with Gasteiger partial charge in [0.25, 0.3) is 0 Å². The number of benzene rings is 1. The van der Waals surface area contributed by atoms with Gasteiger partial charge in [-0.1, -0.05) is 41.1 Å². The molecule has 1 unspecified atom stereocenters. The molecule has 16 heavy (non-hydrogen) atoms. The lowest BCUT2D eigenvalue weighted by atomic mass is 9.83. The van der Waals surface area contributed by atoms with Gasteiger partial charge in [0.15, 0.2) is 0 Å². The second-order valence-corrected chi connectivity index (χ2v) is 4.86. The van der Waals surface area contributed by atoms with Crippen LogP contribution in [0, 0.1) is 5.92 Å². The van der Waals surface area contributed by atoms with E-state index in [-0.39, 0.29) is 17.5 Å². The van der Waals surface area contributed by atoms with Gasteiger partial charge in [-0.15, -0.1) is 0 Å². The first-order chi connectivity index (χ1) is 7.45. The molecule has 3 heteroatoms. The summed E-state index contributed by atoms with van der Waals surface area (Å²) in [5, 5.41) is 0. The molecule has 1 rings (SSSR count). The predicted molar refractivity (Wildman–Crippen MR) is 67.4 cm³/mol. The Bertz CT molecular complexity index is 398. The fourth-order valence-corrected chi connectivity index (χ4v) is 2.66. The fourth-order valence-electron chi connectivity index (χ4n) is 2.01. The summed E-state index contributed by atoms with van der Waals surface area (Å²) < 4.78 is 0.940.